The minimum atomic E-state index is -4.56. The molecule has 1 aliphatic rings. The van der Waals surface area contributed by atoms with Gasteiger partial charge in [-0.05, 0) is 59.7 Å². The number of methoxy groups -OCH3 is 2. The van der Waals surface area contributed by atoms with Crippen molar-refractivity contribution in [1.29, 1.82) is 0 Å². The predicted octanol–water partition coefficient (Wildman–Crippen LogP) is 5.09. The second kappa shape index (κ2) is 12.8. The summed E-state index contributed by atoms with van der Waals surface area (Å²) in [4.78, 5) is 38.7. The summed E-state index contributed by atoms with van der Waals surface area (Å²) in [5.74, 6) is -0.572. The fraction of sp³-hybridized carbons (Fsp3) is 0.276. The van der Waals surface area contributed by atoms with Crippen molar-refractivity contribution in [3.05, 3.63) is 105 Å². The summed E-state index contributed by atoms with van der Waals surface area (Å²) >= 11 is 0. The topological polar surface area (TPSA) is 115 Å². The minimum Gasteiger partial charge on any atom is -0.497 e. The summed E-state index contributed by atoms with van der Waals surface area (Å²) in [6, 6.07) is 16.0. The van der Waals surface area contributed by atoms with Gasteiger partial charge in [-0.2, -0.15) is 18.3 Å². The number of carbonyl (C=O) groups is 2. The standard InChI is InChI=1S/C29H27F3N4O6/c1-41-16-15-34(28(38)21-3-9-22(10-4-21)29(30,31)32)18-27(37)35-26(20-7-13-24(42-2)14-8-20)17-25(33-35)19-5-11-23(12-6-19)36(39)40/h3-14,26H,15-18H2,1-2H3/t26-/m1/s1. The highest BCUT2D eigenvalue weighted by Gasteiger charge is 2.35. The Balaban J connectivity index is 1.62. The molecule has 1 heterocycles. The lowest BCUT2D eigenvalue weighted by Crippen LogP contribution is -2.42. The van der Waals surface area contributed by atoms with Crippen LogP contribution < -0.4 is 4.74 Å². The number of hydrazone groups is 1. The Morgan fingerprint density at radius 1 is 1.02 bits per heavy atom. The van der Waals surface area contributed by atoms with E-state index in [9.17, 15) is 32.9 Å². The van der Waals surface area contributed by atoms with Crippen LogP contribution in [0, 0.1) is 10.1 Å². The number of rotatable bonds is 10. The Bertz CT molecular complexity index is 1460. The average molecular weight is 585 g/mol. The maximum Gasteiger partial charge on any atom is 0.416 e. The monoisotopic (exact) mass is 584 g/mol. The molecular formula is C29H27F3N4O6. The van der Waals surface area contributed by atoms with E-state index in [2.05, 4.69) is 5.10 Å². The van der Waals surface area contributed by atoms with Gasteiger partial charge in [0.1, 0.15) is 12.3 Å². The lowest BCUT2D eigenvalue weighted by atomic mass is 9.98. The van der Waals surface area contributed by atoms with Crippen LogP contribution in [-0.4, -0.2) is 66.3 Å². The summed E-state index contributed by atoms with van der Waals surface area (Å²) in [7, 11) is 2.95. The molecule has 3 aromatic carbocycles. The maximum atomic E-state index is 13.7. The Morgan fingerprint density at radius 3 is 2.21 bits per heavy atom. The molecule has 0 saturated carbocycles. The fourth-order valence-electron chi connectivity index (χ4n) is 4.45. The minimum absolute atomic E-state index is 0.00205. The highest BCUT2D eigenvalue weighted by atomic mass is 19.4. The quantitative estimate of drug-likeness (QED) is 0.242. The van der Waals surface area contributed by atoms with Crippen molar-refractivity contribution in [2.75, 3.05) is 33.9 Å². The van der Waals surface area contributed by atoms with Gasteiger partial charge in [0.05, 0.1) is 36.0 Å². The zero-order valence-electron chi connectivity index (χ0n) is 22.7. The summed E-state index contributed by atoms with van der Waals surface area (Å²) in [6.45, 7) is -0.339. The average Bonchev–Trinajstić information content (AvgIpc) is 3.44. The van der Waals surface area contributed by atoms with Crippen LogP contribution in [0.25, 0.3) is 0 Å². The van der Waals surface area contributed by atoms with E-state index < -0.39 is 41.1 Å². The van der Waals surface area contributed by atoms with Gasteiger partial charge in [-0.3, -0.25) is 19.7 Å². The molecular weight excluding hydrogens is 557 g/mol. The first-order valence-corrected chi connectivity index (χ1v) is 12.8. The van der Waals surface area contributed by atoms with E-state index in [1.165, 1.54) is 36.3 Å². The van der Waals surface area contributed by atoms with Gasteiger partial charge in [-0.25, -0.2) is 5.01 Å². The molecule has 0 fully saturated rings. The molecule has 0 unspecified atom stereocenters. The van der Waals surface area contributed by atoms with Crippen molar-refractivity contribution in [3.63, 3.8) is 0 Å². The van der Waals surface area contributed by atoms with Crippen molar-refractivity contribution >= 4 is 23.2 Å². The molecule has 220 valence electrons. The number of carbonyl (C=O) groups excluding carboxylic acids is 2. The van der Waals surface area contributed by atoms with Crippen molar-refractivity contribution in [2.45, 2.75) is 18.6 Å². The Kier molecular flexibility index (Phi) is 9.21. The van der Waals surface area contributed by atoms with E-state index in [0.717, 1.165) is 29.8 Å². The molecule has 0 saturated heterocycles. The number of hydrogen-bond donors (Lipinski definition) is 0. The van der Waals surface area contributed by atoms with Gasteiger partial charge >= 0.3 is 6.18 Å². The second-order valence-electron chi connectivity index (χ2n) is 9.38. The molecule has 0 aliphatic carbocycles. The highest BCUT2D eigenvalue weighted by molar-refractivity contribution is 6.04. The number of nitrogens with zero attached hydrogens (tertiary/aromatic N) is 4. The van der Waals surface area contributed by atoms with Crippen LogP contribution >= 0.6 is 0 Å². The summed E-state index contributed by atoms with van der Waals surface area (Å²) in [6.07, 6.45) is -4.26. The highest BCUT2D eigenvalue weighted by Crippen LogP contribution is 2.34. The van der Waals surface area contributed by atoms with Crippen LogP contribution in [0.4, 0.5) is 18.9 Å². The number of nitro benzene ring substituents is 1. The molecule has 10 nitrogen and oxygen atoms in total. The first-order valence-electron chi connectivity index (χ1n) is 12.8. The van der Waals surface area contributed by atoms with Gasteiger partial charge in [0.25, 0.3) is 17.5 Å². The molecule has 13 heteroatoms. The lowest BCUT2D eigenvalue weighted by Gasteiger charge is -2.27. The first-order chi connectivity index (χ1) is 20.0. The fourth-order valence-corrected chi connectivity index (χ4v) is 4.45. The molecule has 2 amide bonds. The number of halogens is 3. The summed E-state index contributed by atoms with van der Waals surface area (Å²) in [5, 5.41) is 16.9. The summed E-state index contributed by atoms with van der Waals surface area (Å²) < 4.78 is 49.3. The van der Waals surface area contributed by atoms with Crippen LogP contribution in [0.3, 0.4) is 0 Å². The zero-order chi connectivity index (χ0) is 30.4. The number of amides is 2. The molecule has 0 bridgehead atoms. The van der Waals surface area contributed by atoms with Crippen LogP contribution in [-0.2, 0) is 15.7 Å². The molecule has 42 heavy (non-hydrogen) atoms. The Hall–Kier alpha value is -4.78. The van der Waals surface area contributed by atoms with E-state index in [1.54, 1.807) is 36.4 Å². The smallest absolute Gasteiger partial charge is 0.416 e. The van der Waals surface area contributed by atoms with E-state index in [1.807, 2.05) is 0 Å². The SMILES string of the molecule is COCCN(CC(=O)N1N=C(c2ccc([N+](=O)[O-])cc2)C[C@@H]1c1ccc(OC)cc1)C(=O)c1ccc(C(F)(F)F)cc1. The first kappa shape index (κ1) is 30.2. The van der Waals surface area contributed by atoms with Gasteiger partial charge in [-0.15, -0.1) is 0 Å². The van der Waals surface area contributed by atoms with Crippen molar-refractivity contribution in [2.24, 2.45) is 5.10 Å². The van der Waals surface area contributed by atoms with Gasteiger partial charge < -0.3 is 14.4 Å². The van der Waals surface area contributed by atoms with Crippen LogP contribution in [0.2, 0.25) is 0 Å². The van der Waals surface area contributed by atoms with E-state index in [4.69, 9.17) is 9.47 Å². The van der Waals surface area contributed by atoms with Crippen molar-refractivity contribution < 1.29 is 37.2 Å². The van der Waals surface area contributed by atoms with Crippen LogP contribution in [0.5, 0.6) is 5.75 Å². The third-order valence-corrected chi connectivity index (χ3v) is 6.72. The van der Waals surface area contributed by atoms with Crippen molar-refractivity contribution in [1.82, 2.24) is 9.91 Å². The Morgan fingerprint density at radius 2 is 1.67 bits per heavy atom. The van der Waals surface area contributed by atoms with E-state index in [-0.39, 0.29) is 24.4 Å². The van der Waals surface area contributed by atoms with E-state index in [0.29, 0.717) is 23.4 Å². The molecule has 0 N–H and O–H groups in total. The predicted molar refractivity (Wildman–Crippen MR) is 146 cm³/mol. The maximum absolute atomic E-state index is 13.7. The molecule has 4 rings (SSSR count). The van der Waals surface area contributed by atoms with E-state index >= 15 is 0 Å². The zero-order valence-corrected chi connectivity index (χ0v) is 22.7. The van der Waals surface area contributed by atoms with Gasteiger partial charge in [0.2, 0.25) is 0 Å². The molecule has 1 atom stereocenters. The second-order valence-corrected chi connectivity index (χ2v) is 9.38. The number of non-ortho nitro benzene ring substituents is 1. The third kappa shape index (κ3) is 6.92. The number of benzene rings is 3. The van der Waals surface area contributed by atoms with Crippen LogP contribution in [0.1, 0.15) is 39.5 Å². The molecule has 1 aliphatic heterocycles. The summed E-state index contributed by atoms with van der Waals surface area (Å²) in [5.41, 5.74) is 0.833. The third-order valence-electron chi connectivity index (χ3n) is 6.72. The normalized spacial score (nSPS) is 14.8. The Labute approximate surface area is 239 Å². The lowest BCUT2D eigenvalue weighted by molar-refractivity contribution is -0.384. The number of ether oxygens (including phenoxy) is 2. The number of hydrogen-bond acceptors (Lipinski definition) is 7. The number of alkyl halides is 3. The number of nitro groups is 1. The largest absolute Gasteiger partial charge is 0.497 e. The van der Waals surface area contributed by atoms with Crippen LogP contribution in [0.15, 0.2) is 77.9 Å². The molecule has 0 spiro atoms. The molecule has 3 aromatic rings. The van der Waals surface area contributed by atoms with Gasteiger partial charge in [0, 0.05) is 37.8 Å². The molecule has 0 radical (unpaired) electrons. The van der Waals surface area contributed by atoms with Crippen molar-refractivity contribution in [3.8, 4) is 5.75 Å². The van der Waals surface area contributed by atoms with Gasteiger partial charge in [0.15, 0.2) is 0 Å². The molecule has 0 aromatic heterocycles. The van der Waals surface area contributed by atoms with Gasteiger partial charge in [-0.1, -0.05) is 12.1 Å².